The van der Waals surface area contributed by atoms with E-state index in [4.69, 9.17) is 11.6 Å². The molecule has 0 spiro atoms. The van der Waals surface area contributed by atoms with Crippen LogP contribution in [0.25, 0.3) is 11.0 Å². The second-order valence-electron chi connectivity index (χ2n) is 4.83. The molecule has 1 aromatic carbocycles. The number of fused-ring (bicyclic) bond motifs is 1. The Morgan fingerprint density at radius 3 is 3.06 bits per heavy atom. The van der Waals surface area contributed by atoms with Gasteiger partial charge in [0.05, 0.1) is 10.5 Å². The van der Waals surface area contributed by atoms with Gasteiger partial charge in [0.1, 0.15) is 11.3 Å². The molecule has 0 aliphatic carbocycles. The molecule has 1 aliphatic heterocycles. The van der Waals surface area contributed by atoms with E-state index in [1.807, 2.05) is 18.2 Å². The molecule has 3 rings (SSSR count). The Labute approximate surface area is 106 Å². The number of piperidine rings is 1. The lowest BCUT2D eigenvalue weighted by Gasteiger charge is -2.26. The zero-order chi connectivity index (χ0) is 11.8. The summed E-state index contributed by atoms with van der Waals surface area (Å²) in [6.07, 6.45) is 2.28. The van der Waals surface area contributed by atoms with Crippen molar-refractivity contribution in [3.05, 3.63) is 29.0 Å². The third kappa shape index (κ3) is 2.05. The second kappa shape index (κ2) is 4.31. The number of aromatic nitrogens is 2. The van der Waals surface area contributed by atoms with Crippen LogP contribution in [0.15, 0.2) is 18.2 Å². The van der Waals surface area contributed by atoms with Crippen molar-refractivity contribution < 1.29 is 0 Å². The van der Waals surface area contributed by atoms with Gasteiger partial charge in [-0.3, -0.25) is 0 Å². The van der Waals surface area contributed by atoms with Crippen molar-refractivity contribution in [3.8, 4) is 0 Å². The minimum Gasteiger partial charge on any atom is -0.342 e. The van der Waals surface area contributed by atoms with Crippen molar-refractivity contribution in [2.45, 2.75) is 31.7 Å². The van der Waals surface area contributed by atoms with Crippen molar-refractivity contribution in [3.63, 3.8) is 0 Å². The van der Waals surface area contributed by atoms with Crippen LogP contribution in [0.3, 0.4) is 0 Å². The number of halogens is 1. The number of nitrogens with zero attached hydrogens (tertiary/aromatic N) is 1. The minimum absolute atomic E-state index is 0.523. The van der Waals surface area contributed by atoms with Crippen LogP contribution in [0, 0.1) is 0 Å². The molecular formula is C13H16ClN3. The Morgan fingerprint density at radius 1 is 1.41 bits per heavy atom. The molecule has 2 heterocycles. The van der Waals surface area contributed by atoms with E-state index in [1.54, 1.807) is 0 Å². The highest BCUT2D eigenvalue weighted by molar-refractivity contribution is 6.34. The summed E-state index contributed by atoms with van der Waals surface area (Å²) in [6, 6.07) is 6.44. The highest BCUT2D eigenvalue weighted by Gasteiger charge is 2.22. The van der Waals surface area contributed by atoms with Gasteiger partial charge >= 0.3 is 0 Å². The van der Waals surface area contributed by atoms with E-state index in [1.165, 1.54) is 0 Å². The molecule has 2 aromatic rings. The first-order valence-electron chi connectivity index (χ1n) is 6.11. The fraction of sp³-hybridized carbons (Fsp3) is 0.462. The lowest BCUT2D eigenvalue weighted by Crippen LogP contribution is -2.35. The zero-order valence-corrected chi connectivity index (χ0v) is 10.6. The molecule has 1 saturated heterocycles. The quantitative estimate of drug-likeness (QED) is 0.816. The number of aromatic amines is 1. The number of H-pyrrole nitrogens is 1. The average molecular weight is 250 g/mol. The molecule has 4 heteroatoms. The van der Waals surface area contributed by atoms with Crippen molar-refractivity contribution in [1.29, 1.82) is 0 Å². The molecule has 0 radical (unpaired) electrons. The summed E-state index contributed by atoms with van der Waals surface area (Å²) in [5.74, 6) is 1.61. The first-order valence-corrected chi connectivity index (χ1v) is 6.49. The van der Waals surface area contributed by atoms with E-state index in [2.05, 4.69) is 22.2 Å². The molecule has 2 N–H and O–H groups in total. The number of para-hydroxylation sites is 1. The van der Waals surface area contributed by atoms with Crippen LogP contribution >= 0.6 is 11.6 Å². The van der Waals surface area contributed by atoms with Gasteiger partial charge in [-0.15, -0.1) is 0 Å². The Kier molecular flexibility index (Phi) is 2.81. The normalized spacial score (nSPS) is 25.3. The molecule has 2 unspecified atom stereocenters. The van der Waals surface area contributed by atoms with Gasteiger partial charge < -0.3 is 10.3 Å². The van der Waals surface area contributed by atoms with Crippen molar-refractivity contribution >= 4 is 22.6 Å². The number of benzene rings is 1. The number of imidazole rings is 1. The van der Waals surface area contributed by atoms with Crippen LogP contribution in [-0.2, 0) is 0 Å². The Balaban J connectivity index is 1.97. The summed E-state index contributed by atoms with van der Waals surface area (Å²) in [6.45, 7) is 3.29. The van der Waals surface area contributed by atoms with Gasteiger partial charge in [0.25, 0.3) is 0 Å². The van der Waals surface area contributed by atoms with E-state index in [0.29, 0.717) is 12.0 Å². The van der Waals surface area contributed by atoms with Gasteiger partial charge in [0.15, 0.2) is 0 Å². The summed E-state index contributed by atoms with van der Waals surface area (Å²) >= 11 is 6.14. The van der Waals surface area contributed by atoms with E-state index in [9.17, 15) is 0 Å². The maximum Gasteiger partial charge on any atom is 0.110 e. The number of rotatable bonds is 1. The number of nitrogens with one attached hydrogen (secondary N) is 2. The molecule has 1 aliphatic rings. The molecule has 0 saturated carbocycles. The SMILES string of the molecule is CC1CC(c2nc3c(Cl)cccc3[nH]2)CCN1. The third-order valence-electron chi connectivity index (χ3n) is 3.49. The highest BCUT2D eigenvalue weighted by atomic mass is 35.5. The Morgan fingerprint density at radius 2 is 2.29 bits per heavy atom. The van der Waals surface area contributed by atoms with Crippen LogP contribution in [-0.4, -0.2) is 22.6 Å². The molecule has 90 valence electrons. The molecular weight excluding hydrogens is 234 g/mol. The van der Waals surface area contributed by atoms with Crippen molar-refractivity contribution in [1.82, 2.24) is 15.3 Å². The van der Waals surface area contributed by atoms with Gasteiger partial charge in [0.2, 0.25) is 0 Å². The van der Waals surface area contributed by atoms with Gasteiger partial charge in [-0.1, -0.05) is 17.7 Å². The molecule has 0 amide bonds. The summed E-state index contributed by atoms with van der Waals surface area (Å²) in [5, 5.41) is 4.19. The van der Waals surface area contributed by atoms with Gasteiger partial charge in [-0.05, 0) is 38.4 Å². The average Bonchev–Trinajstić information content (AvgIpc) is 2.74. The molecule has 17 heavy (non-hydrogen) atoms. The van der Waals surface area contributed by atoms with Gasteiger partial charge in [-0.2, -0.15) is 0 Å². The van der Waals surface area contributed by atoms with Crippen molar-refractivity contribution in [2.75, 3.05) is 6.54 Å². The molecule has 1 aromatic heterocycles. The van der Waals surface area contributed by atoms with Crippen LogP contribution in [0.5, 0.6) is 0 Å². The fourth-order valence-electron chi connectivity index (χ4n) is 2.59. The standard InChI is InChI=1S/C13H16ClN3/c1-8-7-9(5-6-15-8)13-16-11-4-2-3-10(14)12(11)17-13/h2-4,8-9,15H,5-7H2,1H3,(H,16,17). The minimum atomic E-state index is 0.523. The highest BCUT2D eigenvalue weighted by Crippen LogP contribution is 2.29. The molecule has 1 fully saturated rings. The van der Waals surface area contributed by atoms with E-state index in [-0.39, 0.29) is 0 Å². The predicted octanol–water partition coefficient (Wildman–Crippen LogP) is 3.07. The summed E-state index contributed by atoms with van der Waals surface area (Å²) in [7, 11) is 0. The van der Waals surface area contributed by atoms with Gasteiger partial charge in [-0.25, -0.2) is 4.98 Å². The van der Waals surface area contributed by atoms with Gasteiger partial charge in [0, 0.05) is 12.0 Å². The van der Waals surface area contributed by atoms with Crippen LogP contribution in [0.4, 0.5) is 0 Å². The maximum atomic E-state index is 6.14. The molecule has 3 nitrogen and oxygen atoms in total. The zero-order valence-electron chi connectivity index (χ0n) is 9.83. The van der Waals surface area contributed by atoms with E-state index in [0.717, 1.165) is 41.3 Å². The van der Waals surface area contributed by atoms with E-state index >= 15 is 0 Å². The number of hydrogen-bond acceptors (Lipinski definition) is 2. The molecule has 2 atom stereocenters. The Bertz CT molecular complexity index is 534. The van der Waals surface area contributed by atoms with Crippen LogP contribution in [0.1, 0.15) is 31.5 Å². The van der Waals surface area contributed by atoms with Crippen molar-refractivity contribution in [2.24, 2.45) is 0 Å². The Hall–Kier alpha value is -1.06. The maximum absolute atomic E-state index is 6.14. The number of hydrogen-bond donors (Lipinski definition) is 2. The predicted molar refractivity (Wildman–Crippen MR) is 70.5 cm³/mol. The first kappa shape index (κ1) is 11.1. The topological polar surface area (TPSA) is 40.7 Å². The monoisotopic (exact) mass is 249 g/mol. The van der Waals surface area contributed by atoms with E-state index < -0.39 is 0 Å². The largest absolute Gasteiger partial charge is 0.342 e. The lowest BCUT2D eigenvalue weighted by atomic mass is 9.93. The first-order chi connectivity index (χ1) is 8.24. The fourth-order valence-corrected chi connectivity index (χ4v) is 2.81. The summed E-state index contributed by atoms with van der Waals surface area (Å²) < 4.78 is 0. The smallest absolute Gasteiger partial charge is 0.110 e. The molecule has 0 bridgehead atoms. The third-order valence-corrected chi connectivity index (χ3v) is 3.80. The van der Waals surface area contributed by atoms with Crippen LogP contribution < -0.4 is 5.32 Å². The van der Waals surface area contributed by atoms with Crippen LogP contribution in [0.2, 0.25) is 5.02 Å². The second-order valence-corrected chi connectivity index (χ2v) is 5.24. The summed E-state index contributed by atoms with van der Waals surface area (Å²) in [4.78, 5) is 8.06. The lowest BCUT2D eigenvalue weighted by molar-refractivity contribution is 0.373. The summed E-state index contributed by atoms with van der Waals surface area (Å²) in [5.41, 5.74) is 1.94.